The third-order valence-electron chi connectivity index (χ3n) is 6.44. The van der Waals surface area contributed by atoms with Crippen LogP contribution in [0, 0.1) is 17.7 Å². The molecule has 1 aliphatic carbocycles. The standard InChI is InChI=1S/C27H31FN2O4/c1-2-34-27(33)22-4-3-15-29(18-22)25(31)16-19-7-13-24(14-8-19)30(26(32)21-9-10-21)17-20-5-11-23(28)12-6-20/h5-8,11-14,21-22H,2-4,9-10,15-18H2,1H3. The van der Waals surface area contributed by atoms with Crippen LogP contribution < -0.4 is 4.90 Å². The highest BCUT2D eigenvalue weighted by Crippen LogP contribution is 2.33. The number of hydrogen-bond donors (Lipinski definition) is 0. The van der Waals surface area contributed by atoms with E-state index < -0.39 is 0 Å². The molecule has 2 aromatic rings. The van der Waals surface area contributed by atoms with Gasteiger partial charge < -0.3 is 14.5 Å². The Hall–Kier alpha value is -3.22. The first-order valence-electron chi connectivity index (χ1n) is 12.0. The molecule has 1 unspecified atom stereocenters. The Morgan fingerprint density at radius 1 is 0.971 bits per heavy atom. The number of carbonyl (C=O) groups excluding carboxylic acids is 3. The quantitative estimate of drug-likeness (QED) is 0.549. The Labute approximate surface area is 199 Å². The van der Waals surface area contributed by atoms with Crippen LogP contribution in [0.2, 0.25) is 0 Å². The number of carbonyl (C=O) groups is 3. The van der Waals surface area contributed by atoms with Crippen molar-refractivity contribution in [2.45, 2.75) is 45.6 Å². The summed E-state index contributed by atoms with van der Waals surface area (Å²) in [4.78, 5) is 41.4. The van der Waals surface area contributed by atoms with Crippen LogP contribution >= 0.6 is 0 Å². The molecule has 0 N–H and O–H groups in total. The molecule has 4 rings (SSSR count). The number of likely N-dealkylation sites (tertiary alicyclic amines) is 1. The van der Waals surface area contributed by atoms with Crippen molar-refractivity contribution in [3.05, 3.63) is 65.5 Å². The summed E-state index contributed by atoms with van der Waals surface area (Å²) in [6.07, 6.45) is 3.57. The summed E-state index contributed by atoms with van der Waals surface area (Å²) in [5.74, 6) is -0.682. The summed E-state index contributed by atoms with van der Waals surface area (Å²) in [6.45, 7) is 3.55. The molecule has 6 nitrogen and oxygen atoms in total. The van der Waals surface area contributed by atoms with E-state index in [1.807, 2.05) is 24.3 Å². The van der Waals surface area contributed by atoms with Gasteiger partial charge in [-0.3, -0.25) is 14.4 Å². The summed E-state index contributed by atoms with van der Waals surface area (Å²) in [6, 6.07) is 13.7. The highest BCUT2D eigenvalue weighted by Gasteiger charge is 2.34. The molecule has 2 amide bonds. The summed E-state index contributed by atoms with van der Waals surface area (Å²) in [7, 11) is 0. The summed E-state index contributed by atoms with van der Waals surface area (Å²) < 4.78 is 18.4. The maximum Gasteiger partial charge on any atom is 0.310 e. The van der Waals surface area contributed by atoms with Crippen LogP contribution in [0.3, 0.4) is 0 Å². The van der Waals surface area contributed by atoms with Crippen molar-refractivity contribution >= 4 is 23.5 Å². The largest absolute Gasteiger partial charge is 0.466 e. The van der Waals surface area contributed by atoms with Crippen LogP contribution in [0.5, 0.6) is 0 Å². The first-order chi connectivity index (χ1) is 16.4. The van der Waals surface area contributed by atoms with Crippen LogP contribution in [0.15, 0.2) is 48.5 Å². The Morgan fingerprint density at radius 2 is 1.65 bits per heavy atom. The van der Waals surface area contributed by atoms with E-state index in [-0.39, 0.29) is 41.9 Å². The fourth-order valence-corrected chi connectivity index (χ4v) is 4.36. The van der Waals surface area contributed by atoms with E-state index in [9.17, 15) is 18.8 Å². The molecular weight excluding hydrogens is 435 g/mol. The number of ether oxygens (including phenoxy) is 1. The highest BCUT2D eigenvalue weighted by molar-refractivity contribution is 5.96. The minimum atomic E-state index is -0.305. The molecule has 0 spiro atoms. The SMILES string of the molecule is CCOC(=O)C1CCCN(C(=O)Cc2ccc(N(Cc3ccc(F)cc3)C(=O)C3CC3)cc2)C1. The zero-order chi connectivity index (χ0) is 24.1. The topological polar surface area (TPSA) is 66.9 Å². The molecule has 2 fully saturated rings. The number of anilines is 1. The van der Waals surface area contributed by atoms with Gasteiger partial charge in [-0.1, -0.05) is 24.3 Å². The molecule has 1 aliphatic heterocycles. The molecule has 2 aliphatic rings. The van der Waals surface area contributed by atoms with Crippen LogP contribution in [0.4, 0.5) is 10.1 Å². The summed E-state index contributed by atoms with van der Waals surface area (Å²) >= 11 is 0. The molecule has 1 saturated heterocycles. The fraction of sp³-hybridized carbons (Fsp3) is 0.444. The Balaban J connectivity index is 1.41. The minimum Gasteiger partial charge on any atom is -0.466 e. The van der Waals surface area contributed by atoms with E-state index >= 15 is 0 Å². The van der Waals surface area contributed by atoms with Gasteiger partial charge in [0.2, 0.25) is 11.8 Å². The van der Waals surface area contributed by atoms with E-state index in [0.29, 0.717) is 26.2 Å². The lowest BCUT2D eigenvalue weighted by molar-refractivity contribution is -0.151. The van der Waals surface area contributed by atoms with Gasteiger partial charge in [-0.05, 0) is 68.0 Å². The van der Waals surface area contributed by atoms with Crippen LogP contribution in [0.1, 0.15) is 43.7 Å². The van der Waals surface area contributed by atoms with Crippen LogP contribution in [-0.2, 0) is 32.1 Å². The second kappa shape index (κ2) is 10.8. The van der Waals surface area contributed by atoms with Gasteiger partial charge in [-0.2, -0.15) is 0 Å². The third kappa shape index (κ3) is 6.01. The van der Waals surface area contributed by atoms with E-state index in [4.69, 9.17) is 4.74 Å². The number of rotatable bonds is 8. The van der Waals surface area contributed by atoms with E-state index in [2.05, 4.69) is 0 Å². The molecule has 0 aromatic heterocycles. The number of esters is 1. The second-order valence-electron chi connectivity index (χ2n) is 9.10. The molecule has 0 radical (unpaired) electrons. The van der Waals surface area contributed by atoms with E-state index in [1.54, 1.807) is 28.9 Å². The molecule has 180 valence electrons. The fourth-order valence-electron chi connectivity index (χ4n) is 4.36. The molecule has 34 heavy (non-hydrogen) atoms. The van der Waals surface area contributed by atoms with Gasteiger partial charge in [0, 0.05) is 24.7 Å². The Kier molecular flexibility index (Phi) is 7.60. The number of benzene rings is 2. The van der Waals surface area contributed by atoms with Gasteiger partial charge in [0.1, 0.15) is 5.82 Å². The molecule has 7 heteroatoms. The van der Waals surface area contributed by atoms with Crippen molar-refractivity contribution in [2.75, 3.05) is 24.6 Å². The average Bonchev–Trinajstić information content (AvgIpc) is 3.70. The lowest BCUT2D eigenvalue weighted by Crippen LogP contribution is -2.43. The normalized spacial score (nSPS) is 17.8. The first-order valence-corrected chi connectivity index (χ1v) is 12.0. The summed E-state index contributed by atoms with van der Waals surface area (Å²) in [5, 5.41) is 0. The number of amides is 2. The van der Waals surface area contributed by atoms with Gasteiger partial charge in [-0.25, -0.2) is 4.39 Å². The molecular formula is C27H31FN2O4. The van der Waals surface area contributed by atoms with Crippen molar-refractivity contribution in [3.63, 3.8) is 0 Å². The zero-order valence-corrected chi connectivity index (χ0v) is 19.5. The third-order valence-corrected chi connectivity index (χ3v) is 6.44. The lowest BCUT2D eigenvalue weighted by Gasteiger charge is -2.31. The van der Waals surface area contributed by atoms with Crippen LogP contribution in [0.25, 0.3) is 0 Å². The number of piperidine rings is 1. The molecule has 0 bridgehead atoms. The van der Waals surface area contributed by atoms with E-state index in [1.165, 1.54) is 12.1 Å². The maximum atomic E-state index is 13.3. The van der Waals surface area contributed by atoms with Crippen molar-refractivity contribution in [1.82, 2.24) is 4.90 Å². The van der Waals surface area contributed by atoms with Crippen molar-refractivity contribution in [2.24, 2.45) is 11.8 Å². The van der Waals surface area contributed by atoms with Crippen LogP contribution in [-0.4, -0.2) is 42.4 Å². The van der Waals surface area contributed by atoms with Crippen molar-refractivity contribution in [1.29, 1.82) is 0 Å². The van der Waals surface area contributed by atoms with Gasteiger partial charge in [-0.15, -0.1) is 0 Å². The predicted molar refractivity (Wildman–Crippen MR) is 126 cm³/mol. The maximum absolute atomic E-state index is 13.3. The van der Waals surface area contributed by atoms with Crippen molar-refractivity contribution in [3.8, 4) is 0 Å². The van der Waals surface area contributed by atoms with Gasteiger partial charge in [0.25, 0.3) is 0 Å². The number of nitrogens with zero attached hydrogens (tertiary/aromatic N) is 2. The molecule has 1 saturated carbocycles. The molecule has 1 atom stereocenters. The van der Waals surface area contributed by atoms with E-state index in [0.717, 1.165) is 42.5 Å². The van der Waals surface area contributed by atoms with Gasteiger partial charge in [0.15, 0.2) is 0 Å². The number of halogens is 1. The second-order valence-corrected chi connectivity index (χ2v) is 9.10. The van der Waals surface area contributed by atoms with Crippen molar-refractivity contribution < 1.29 is 23.5 Å². The highest BCUT2D eigenvalue weighted by atomic mass is 19.1. The van der Waals surface area contributed by atoms with Gasteiger partial charge in [0.05, 0.1) is 25.5 Å². The lowest BCUT2D eigenvalue weighted by atomic mass is 9.97. The minimum absolute atomic E-state index is 0.0148. The molecule has 1 heterocycles. The zero-order valence-electron chi connectivity index (χ0n) is 19.5. The van der Waals surface area contributed by atoms with Gasteiger partial charge >= 0.3 is 5.97 Å². The summed E-state index contributed by atoms with van der Waals surface area (Å²) in [5.41, 5.74) is 2.47. The Bertz CT molecular complexity index is 1020. The monoisotopic (exact) mass is 466 g/mol. The Morgan fingerprint density at radius 3 is 2.29 bits per heavy atom. The molecule has 2 aromatic carbocycles. The predicted octanol–water partition coefficient (Wildman–Crippen LogP) is 4.11. The first kappa shape index (κ1) is 23.9. The smallest absolute Gasteiger partial charge is 0.310 e. The average molecular weight is 467 g/mol. The number of hydrogen-bond acceptors (Lipinski definition) is 4.